The molecule has 1 saturated heterocycles. The minimum Gasteiger partial charge on any atom is -0.368 e. The van der Waals surface area contributed by atoms with Crippen LogP contribution in [0.15, 0.2) is 55.1 Å². The SMILES string of the molecule is O=C(CCCc1ccc(F)cc1)N1CCOC(c2cncc(Nc3ncccn3)n2)C1. The van der Waals surface area contributed by atoms with Crippen LogP contribution >= 0.6 is 0 Å². The summed E-state index contributed by atoms with van der Waals surface area (Å²) >= 11 is 0. The fourth-order valence-corrected chi connectivity index (χ4v) is 3.38. The molecule has 8 nitrogen and oxygen atoms in total. The van der Waals surface area contributed by atoms with E-state index >= 15 is 0 Å². The number of rotatable bonds is 7. The predicted molar refractivity (Wildman–Crippen MR) is 112 cm³/mol. The van der Waals surface area contributed by atoms with Crippen LogP contribution in [0, 0.1) is 5.82 Å². The van der Waals surface area contributed by atoms with Crippen molar-refractivity contribution >= 4 is 17.7 Å². The van der Waals surface area contributed by atoms with Crippen molar-refractivity contribution in [2.45, 2.75) is 25.4 Å². The van der Waals surface area contributed by atoms with Gasteiger partial charge in [-0.05, 0) is 36.6 Å². The van der Waals surface area contributed by atoms with Gasteiger partial charge in [-0.2, -0.15) is 0 Å². The summed E-state index contributed by atoms with van der Waals surface area (Å²) in [4.78, 5) is 31.5. The van der Waals surface area contributed by atoms with Crippen LogP contribution in [-0.2, 0) is 16.0 Å². The number of benzene rings is 1. The molecule has 2 aromatic heterocycles. The number of ether oxygens (including phenoxy) is 1. The van der Waals surface area contributed by atoms with Gasteiger partial charge in [0.25, 0.3) is 0 Å². The lowest BCUT2D eigenvalue weighted by Gasteiger charge is -2.32. The Kier molecular flexibility index (Phi) is 6.73. The number of halogens is 1. The fourth-order valence-electron chi connectivity index (χ4n) is 3.38. The highest BCUT2D eigenvalue weighted by Crippen LogP contribution is 2.22. The highest BCUT2D eigenvalue weighted by atomic mass is 19.1. The van der Waals surface area contributed by atoms with Crippen molar-refractivity contribution in [2.75, 3.05) is 25.0 Å². The van der Waals surface area contributed by atoms with Gasteiger partial charge in [-0.15, -0.1) is 0 Å². The van der Waals surface area contributed by atoms with Crippen LogP contribution < -0.4 is 5.32 Å². The number of anilines is 2. The summed E-state index contributed by atoms with van der Waals surface area (Å²) in [5.41, 5.74) is 1.67. The van der Waals surface area contributed by atoms with E-state index in [9.17, 15) is 9.18 Å². The third-order valence-corrected chi connectivity index (χ3v) is 4.98. The molecule has 3 aromatic rings. The topological polar surface area (TPSA) is 93.1 Å². The Bertz CT molecular complexity index is 1000. The number of hydrogen-bond acceptors (Lipinski definition) is 7. The Balaban J connectivity index is 1.32. The van der Waals surface area contributed by atoms with Gasteiger partial charge in [0.2, 0.25) is 11.9 Å². The maximum atomic E-state index is 13.0. The van der Waals surface area contributed by atoms with Crippen molar-refractivity contribution in [1.29, 1.82) is 0 Å². The molecule has 0 saturated carbocycles. The Labute approximate surface area is 179 Å². The van der Waals surface area contributed by atoms with Gasteiger partial charge in [-0.25, -0.2) is 19.3 Å². The van der Waals surface area contributed by atoms with E-state index < -0.39 is 0 Å². The number of carbonyl (C=O) groups excluding carboxylic acids is 1. The smallest absolute Gasteiger partial charge is 0.228 e. The number of carbonyl (C=O) groups is 1. The minimum absolute atomic E-state index is 0.0790. The number of morpholine rings is 1. The molecular formula is C22H23FN6O2. The number of amides is 1. The molecule has 9 heteroatoms. The summed E-state index contributed by atoms with van der Waals surface area (Å²) < 4.78 is 18.8. The Morgan fingerprint density at radius 2 is 2.00 bits per heavy atom. The maximum Gasteiger partial charge on any atom is 0.228 e. The summed E-state index contributed by atoms with van der Waals surface area (Å²) in [5.74, 6) is 0.764. The van der Waals surface area contributed by atoms with E-state index in [1.165, 1.54) is 12.1 Å². The van der Waals surface area contributed by atoms with E-state index in [1.807, 2.05) is 0 Å². The Hall–Kier alpha value is -3.46. The number of aromatic nitrogens is 4. The number of nitrogens with zero attached hydrogens (tertiary/aromatic N) is 5. The van der Waals surface area contributed by atoms with Gasteiger partial charge in [0.05, 0.1) is 31.2 Å². The van der Waals surface area contributed by atoms with Crippen LogP contribution in [0.3, 0.4) is 0 Å². The lowest BCUT2D eigenvalue weighted by molar-refractivity contribution is -0.139. The number of nitrogens with one attached hydrogen (secondary N) is 1. The largest absolute Gasteiger partial charge is 0.368 e. The molecule has 1 fully saturated rings. The van der Waals surface area contributed by atoms with Crippen molar-refractivity contribution in [2.24, 2.45) is 0 Å². The molecule has 1 amide bonds. The molecule has 31 heavy (non-hydrogen) atoms. The first-order chi connectivity index (χ1) is 15.2. The fraction of sp³-hybridized carbons (Fsp3) is 0.318. The second kappa shape index (κ2) is 10.0. The first-order valence-corrected chi connectivity index (χ1v) is 10.2. The standard InChI is InChI=1S/C22H23FN6O2/c23-17-7-5-16(6-8-17)3-1-4-21(30)29-11-12-31-19(15-29)18-13-24-14-20(27-18)28-22-25-9-2-10-26-22/h2,5-10,13-14,19H,1,3-4,11-12,15H2,(H,25,26,27,28). The van der Waals surface area contributed by atoms with Crippen molar-refractivity contribution in [3.63, 3.8) is 0 Å². The first kappa shape index (κ1) is 20.8. The quantitative estimate of drug-likeness (QED) is 0.625. The number of hydrogen-bond donors (Lipinski definition) is 1. The van der Waals surface area contributed by atoms with Gasteiger partial charge in [0.1, 0.15) is 11.9 Å². The molecule has 0 radical (unpaired) electrons. The van der Waals surface area contributed by atoms with E-state index in [2.05, 4.69) is 25.3 Å². The van der Waals surface area contributed by atoms with Gasteiger partial charge >= 0.3 is 0 Å². The molecule has 1 aromatic carbocycles. The van der Waals surface area contributed by atoms with Crippen molar-refractivity contribution in [3.8, 4) is 0 Å². The van der Waals surface area contributed by atoms with E-state index in [-0.39, 0.29) is 17.8 Å². The summed E-state index contributed by atoms with van der Waals surface area (Å²) in [5, 5.41) is 3.01. The van der Waals surface area contributed by atoms with Crippen molar-refractivity contribution in [3.05, 3.63) is 72.2 Å². The average molecular weight is 422 g/mol. The second-order valence-electron chi connectivity index (χ2n) is 7.21. The second-order valence-corrected chi connectivity index (χ2v) is 7.21. The van der Waals surface area contributed by atoms with Crippen LogP contribution in [0.5, 0.6) is 0 Å². The Morgan fingerprint density at radius 1 is 1.19 bits per heavy atom. The molecule has 0 bridgehead atoms. The molecule has 1 unspecified atom stereocenters. The van der Waals surface area contributed by atoms with Crippen LogP contribution in [0.1, 0.15) is 30.2 Å². The lowest BCUT2D eigenvalue weighted by atomic mass is 10.1. The zero-order valence-corrected chi connectivity index (χ0v) is 16.9. The minimum atomic E-state index is -0.347. The van der Waals surface area contributed by atoms with E-state index in [0.29, 0.717) is 50.0 Å². The molecule has 4 rings (SSSR count). The van der Waals surface area contributed by atoms with Gasteiger partial charge in [0.15, 0.2) is 5.82 Å². The van der Waals surface area contributed by atoms with Crippen molar-refractivity contribution in [1.82, 2.24) is 24.8 Å². The normalized spacial score (nSPS) is 16.2. The van der Waals surface area contributed by atoms with Gasteiger partial charge in [-0.3, -0.25) is 9.78 Å². The molecule has 160 valence electrons. The first-order valence-electron chi connectivity index (χ1n) is 10.2. The molecular weight excluding hydrogens is 399 g/mol. The zero-order valence-electron chi connectivity index (χ0n) is 16.9. The van der Waals surface area contributed by atoms with Gasteiger partial charge in [-0.1, -0.05) is 12.1 Å². The Morgan fingerprint density at radius 3 is 2.81 bits per heavy atom. The van der Waals surface area contributed by atoms with Gasteiger partial charge < -0.3 is 15.0 Å². The molecule has 1 atom stereocenters. The highest BCUT2D eigenvalue weighted by molar-refractivity contribution is 5.76. The third kappa shape index (κ3) is 5.79. The van der Waals surface area contributed by atoms with Crippen LogP contribution in [-0.4, -0.2) is 50.4 Å². The molecule has 0 aliphatic carbocycles. The molecule has 1 N–H and O–H groups in total. The summed E-state index contributed by atoms with van der Waals surface area (Å²) in [7, 11) is 0. The van der Waals surface area contributed by atoms with Crippen LogP contribution in [0.25, 0.3) is 0 Å². The van der Waals surface area contributed by atoms with Crippen molar-refractivity contribution < 1.29 is 13.9 Å². The van der Waals surface area contributed by atoms with E-state index in [1.54, 1.807) is 47.9 Å². The van der Waals surface area contributed by atoms with E-state index in [0.717, 1.165) is 12.0 Å². The highest BCUT2D eigenvalue weighted by Gasteiger charge is 2.26. The molecule has 3 heterocycles. The van der Waals surface area contributed by atoms with Gasteiger partial charge in [0, 0.05) is 25.4 Å². The number of aryl methyl sites for hydroxylation is 1. The summed E-state index contributed by atoms with van der Waals surface area (Å²) in [6.45, 7) is 1.42. The van der Waals surface area contributed by atoms with E-state index in [4.69, 9.17) is 4.74 Å². The predicted octanol–water partition coefficient (Wildman–Crippen LogP) is 3.07. The van der Waals surface area contributed by atoms with Crippen LogP contribution in [0.4, 0.5) is 16.2 Å². The molecule has 1 aliphatic rings. The maximum absolute atomic E-state index is 13.0. The average Bonchev–Trinajstić information content (AvgIpc) is 2.81. The lowest BCUT2D eigenvalue weighted by Crippen LogP contribution is -2.42. The summed E-state index contributed by atoms with van der Waals surface area (Å²) in [6, 6.07) is 8.12. The molecule has 0 spiro atoms. The summed E-state index contributed by atoms with van der Waals surface area (Å²) in [6.07, 6.45) is 8.03. The van der Waals surface area contributed by atoms with Crippen LogP contribution in [0.2, 0.25) is 0 Å². The zero-order chi connectivity index (χ0) is 21.5. The monoisotopic (exact) mass is 422 g/mol. The third-order valence-electron chi connectivity index (χ3n) is 4.98. The molecule has 1 aliphatic heterocycles.